The molecule has 0 spiro atoms. The molecule has 0 aliphatic rings. The predicted molar refractivity (Wildman–Crippen MR) is 88.4 cm³/mol. The number of anilines is 1. The lowest BCUT2D eigenvalue weighted by Crippen LogP contribution is -2.33. The molecule has 0 aliphatic carbocycles. The summed E-state index contributed by atoms with van der Waals surface area (Å²) in [5.41, 5.74) is 7.62. The molecule has 5 heteroatoms. The van der Waals surface area contributed by atoms with E-state index in [-0.39, 0.29) is 12.1 Å². The maximum Gasteiger partial charge on any atom is 0.319 e. The third-order valence-electron chi connectivity index (χ3n) is 3.55. The summed E-state index contributed by atoms with van der Waals surface area (Å²) in [6, 6.07) is 7.95. The fraction of sp³-hybridized carbons (Fsp3) is 0.562. The molecule has 0 bridgehead atoms. The summed E-state index contributed by atoms with van der Waals surface area (Å²) in [5.74, 6) is 0. The summed E-state index contributed by atoms with van der Waals surface area (Å²) in [5, 5.41) is 5.68. The highest BCUT2D eigenvalue weighted by molar-refractivity contribution is 5.89. The number of nitrogens with two attached hydrogens (primary N) is 1. The molecule has 0 radical (unpaired) electrons. The molecule has 1 rings (SSSR count). The maximum absolute atomic E-state index is 11.7. The van der Waals surface area contributed by atoms with Gasteiger partial charge in [-0.15, -0.1) is 0 Å². The molecule has 0 heterocycles. The zero-order valence-corrected chi connectivity index (χ0v) is 13.5. The molecule has 2 amide bonds. The Morgan fingerprint density at radius 3 is 2.38 bits per heavy atom. The number of carbonyl (C=O) groups is 1. The monoisotopic (exact) mass is 292 g/mol. The third-order valence-corrected chi connectivity index (χ3v) is 3.55. The van der Waals surface area contributed by atoms with E-state index < -0.39 is 0 Å². The second-order valence-corrected chi connectivity index (χ2v) is 5.72. The predicted octanol–water partition coefficient (Wildman–Crippen LogP) is 2.56. The number of carbonyl (C=O) groups excluding carboxylic acids is 1. The fourth-order valence-corrected chi connectivity index (χ4v) is 1.83. The van der Waals surface area contributed by atoms with Gasteiger partial charge in [0.05, 0.1) is 0 Å². The van der Waals surface area contributed by atoms with Crippen LogP contribution in [-0.4, -0.2) is 37.1 Å². The van der Waals surface area contributed by atoms with Crippen LogP contribution in [0.3, 0.4) is 0 Å². The van der Waals surface area contributed by atoms with Crippen molar-refractivity contribution < 1.29 is 4.79 Å². The van der Waals surface area contributed by atoms with Gasteiger partial charge in [-0.2, -0.15) is 0 Å². The average Bonchev–Trinajstić information content (AvgIpc) is 2.43. The van der Waals surface area contributed by atoms with Gasteiger partial charge in [0, 0.05) is 24.3 Å². The van der Waals surface area contributed by atoms with Crippen LogP contribution in [0.15, 0.2) is 24.3 Å². The van der Waals surface area contributed by atoms with Crippen LogP contribution >= 0.6 is 0 Å². The number of hydrogen-bond acceptors (Lipinski definition) is 3. The molecule has 0 aromatic heterocycles. The Bertz CT molecular complexity index is 428. The summed E-state index contributed by atoms with van der Waals surface area (Å²) in [4.78, 5) is 14.0. The van der Waals surface area contributed by atoms with E-state index in [4.69, 9.17) is 5.73 Å². The van der Waals surface area contributed by atoms with Crippen molar-refractivity contribution in [3.63, 3.8) is 0 Å². The first-order valence-corrected chi connectivity index (χ1v) is 7.50. The van der Waals surface area contributed by atoms with E-state index in [0.29, 0.717) is 12.6 Å². The molecular weight excluding hydrogens is 264 g/mol. The van der Waals surface area contributed by atoms with E-state index in [1.165, 1.54) is 0 Å². The topological polar surface area (TPSA) is 70.4 Å². The first kappa shape index (κ1) is 17.5. The van der Waals surface area contributed by atoms with E-state index in [9.17, 15) is 4.79 Å². The van der Waals surface area contributed by atoms with E-state index >= 15 is 0 Å². The maximum atomic E-state index is 11.7. The number of urea groups is 1. The number of nitrogens with zero attached hydrogens (tertiary/aromatic N) is 1. The zero-order chi connectivity index (χ0) is 15.8. The van der Waals surface area contributed by atoms with Crippen LogP contribution in [0.5, 0.6) is 0 Å². The van der Waals surface area contributed by atoms with E-state index in [1.807, 2.05) is 31.2 Å². The molecule has 5 nitrogen and oxygen atoms in total. The summed E-state index contributed by atoms with van der Waals surface area (Å²) in [6.45, 7) is 7.89. The minimum absolute atomic E-state index is 0.00539. The highest BCUT2D eigenvalue weighted by Gasteiger charge is 2.04. The highest BCUT2D eigenvalue weighted by atomic mass is 16.2. The van der Waals surface area contributed by atoms with E-state index in [1.54, 1.807) is 0 Å². The largest absolute Gasteiger partial charge is 0.338 e. The van der Waals surface area contributed by atoms with Crippen LogP contribution in [-0.2, 0) is 0 Å². The molecule has 1 unspecified atom stereocenters. The Kier molecular flexibility index (Phi) is 7.19. The van der Waals surface area contributed by atoms with Gasteiger partial charge in [0.25, 0.3) is 0 Å². The average molecular weight is 292 g/mol. The Morgan fingerprint density at radius 2 is 1.86 bits per heavy atom. The van der Waals surface area contributed by atoms with Gasteiger partial charge in [0.1, 0.15) is 0 Å². The highest BCUT2D eigenvalue weighted by Crippen LogP contribution is 2.13. The van der Waals surface area contributed by atoms with Crippen molar-refractivity contribution in [1.82, 2.24) is 10.2 Å². The number of hydrogen-bond donors (Lipinski definition) is 3. The number of benzene rings is 1. The number of nitrogens with one attached hydrogen (secondary N) is 2. The van der Waals surface area contributed by atoms with Crippen LogP contribution < -0.4 is 16.4 Å². The SMILES string of the molecule is CC(N)c1ccc(NC(=O)NCCCN(C)C(C)C)cc1. The van der Waals surface area contributed by atoms with Crippen LogP contribution in [0.4, 0.5) is 10.5 Å². The molecule has 1 aromatic carbocycles. The molecule has 1 aromatic rings. The quantitative estimate of drug-likeness (QED) is 0.676. The van der Waals surface area contributed by atoms with Crippen molar-refractivity contribution >= 4 is 11.7 Å². The molecule has 118 valence electrons. The first-order chi connectivity index (χ1) is 9.90. The lowest BCUT2D eigenvalue weighted by Gasteiger charge is -2.20. The molecular formula is C16H28N4O. The summed E-state index contributed by atoms with van der Waals surface area (Å²) < 4.78 is 0. The van der Waals surface area contributed by atoms with Crippen LogP contribution in [0, 0.1) is 0 Å². The molecule has 0 saturated carbocycles. The third kappa shape index (κ3) is 6.60. The van der Waals surface area contributed by atoms with Crippen molar-refractivity contribution in [2.75, 3.05) is 25.5 Å². The minimum atomic E-state index is -0.171. The summed E-state index contributed by atoms with van der Waals surface area (Å²) in [7, 11) is 2.09. The molecule has 0 saturated heterocycles. The number of rotatable bonds is 7. The van der Waals surface area contributed by atoms with Crippen LogP contribution in [0.25, 0.3) is 0 Å². The Balaban J connectivity index is 2.27. The summed E-state index contributed by atoms with van der Waals surface area (Å²) >= 11 is 0. The van der Waals surface area contributed by atoms with Gasteiger partial charge < -0.3 is 21.3 Å². The minimum Gasteiger partial charge on any atom is -0.338 e. The van der Waals surface area contributed by atoms with Crippen LogP contribution in [0.2, 0.25) is 0 Å². The van der Waals surface area contributed by atoms with Gasteiger partial charge in [0.15, 0.2) is 0 Å². The van der Waals surface area contributed by atoms with Gasteiger partial charge in [-0.05, 0) is 58.5 Å². The fourth-order valence-electron chi connectivity index (χ4n) is 1.83. The first-order valence-electron chi connectivity index (χ1n) is 7.50. The second kappa shape index (κ2) is 8.64. The van der Waals surface area contributed by atoms with Crippen molar-refractivity contribution in [3.05, 3.63) is 29.8 Å². The second-order valence-electron chi connectivity index (χ2n) is 5.72. The van der Waals surface area contributed by atoms with E-state index in [2.05, 4.69) is 36.4 Å². The van der Waals surface area contributed by atoms with Crippen molar-refractivity contribution in [2.45, 2.75) is 39.3 Å². The van der Waals surface area contributed by atoms with Gasteiger partial charge in [-0.1, -0.05) is 12.1 Å². The standard InChI is InChI=1S/C16H28N4O/c1-12(2)20(4)11-5-10-18-16(21)19-15-8-6-14(7-9-15)13(3)17/h6-9,12-13H,5,10-11,17H2,1-4H3,(H2,18,19,21). The molecule has 21 heavy (non-hydrogen) atoms. The van der Waals surface area contributed by atoms with Gasteiger partial charge in [0.2, 0.25) is 0 Å². The lowest BCUT2D eigenvalue weighted by molar-refractivity contribution is 0.248. The Labute approximate surface area is 127 Å². The Morgan fingerprint density at radius 1 is 1.24 bits per heavy atom. The zero-order valence-electron chi connectivity index (χ0n) is 13.5. The van der Waals surface area contributed by atoms with Gasteiger partial charge in [-0.25, -0.2) is 4.79 Å². The van der Waals surface area contributed by atoms with Gasteiger partial charge in [-0.3, -0.25) is 0 Å². The van der Waals surface area contributed by atoms with E-state index in [0.717, 1.165) is 24.2 Å². The van der Waals surface area contributed by atoms with Gasteiger partial charge >= 0.3 is 6.03 Å². The van der Waals surface area contributed by atoms with Crippen molar-refractivity contribution in [1.29, 1.82) is 0 Å². The number of amides is 2. The van der Waals surface area contributed by atoms with Crippen molar-refractivity contribution in [2.24, 2.45) is 5.73 Å². The normalized spacial score (nSPS) is 12.5. The van der Waals surface area contributed by atoms with Crippen molar-refractivity contribution in [3.8, 4) is 0 Å². The molecule has 0 aliphatic heterocycles. The smallest absolute Gasteiger partial charge is 0.319 e. The molecule has 0 fully saturated rings. The molecule has 4 N–H and O–H groups in total. The summed E-state index contributed by atoms with van der Waals surface area (Å²) in [6.07, 6.45) is 0.936. The molecule has 1 atom stereocenters. The van der Waals surface area contributed by atoms with Crippen LogP contribution in [0.1, 0.15) is 38.8 Å². The lowest BCUT2D eigenvalue weighted by atomic mass is 10.1. The Hall–Kier alpha value is -1.59.